The molecule has 2 fully saturated rings. The summed E-state index contributed by atoms with van der Waals surface area (Å²) in [5, 5.41) is 11.8. The predicted octanol–water partition coefficient (Wildman–Crippen LogP) is 4.24. The molecule has 2 heterocycles. The third-order valence-electron chi connectivity index (χ3n) is 6.28. The highest BCUT2D eigenvalue weighted by Gasteiger charge is 2.40. The quantitative estimate of drug-likeness (QED) is 0.514. The number of nitrogens with one attached hydrogen (secondary N) is 1. The van der Waals surface area contributed by atoms with E-state index in [1.165, 1.54) is 23.1 Å². The Balaban J connectivity index is 1.73. The van der Waals surface area contributed by atoms with Gasteiger partial charge in [0.1, 0.15) is 5.57 Å². The second-order valence-electron chi connectivity index (χ2n) is 8.42. The summed E-state index contributed by atoms with van der Waals surface area (Å²) in [6, 6.07) is 5.63. The average Bonchev–Trinajstić information content (AvgIpc) is 3.05. The zero-order chi connectivity index (χ0) is 23.9. The molecule has 0 unspecified atom stereocenters. The maximum Gasteiger partial charge on any atom is 0.337 e. The number of carbonyl (C=O) groups excluding carboxylic acids is 3. The number of hydrogen-bond donors (Lipinski definition) is 2. The molecule has 2 aliphatic rings. The molecule has 1 aliphatic heterocycles. The lowest BCUT2D eigenvalue weighted by atomic mass is 9.93. The van der Waals surface area contributed by atoms with E-state index in [1.807, 2.05) is 18.4 Å². The molecule has 4 amide bonds. The summed E-state index contributed by atoms with van der Waals surface area (Å²) in [4.78, 5) is 50.8. The number of aromatic carboxylic acids is 1. The van der Waals surface area contributed by atoms with E-state index in [2.05, 4.69) is 5.32 Å². The molecule has 1 aliphatic carbocycles. The largest absolute Gasteiger partial charge is 0.478 e. The minimum absolute atomic E-state index is 0.0231. The number of halogens is 1. The van der Waals surface area contributed by atoms with Gasteiger partial charge in [0.25, 0.3) is 11.8 Å². The summed E-state index contributed by atoms with van der Waals surface area (Å²) < 4.78 is 1.82. The fraction of sp³-hybridized carbons (Fsp3) is 0.333. The number of nitrogens with zero attached hydrogens (tertiary/aromatic N) is 2. The van der Waals surface area contributed by atoms with Crippen molar-refractivity contribution in [3.8, 4) is 5.69 Å². The van der Waals surface area contributed by atoms with Crippen molar-refractivity contribution in [1.82, 2.24) is 14.8 Å². The topological polar surface area (TPSA) is 109 Å². The number of aryl methyl sites for hydroxylation is 1. The van der Waals surface area contributed by atoms with Crippen LogP contribution in [0.4, 0.5) is 4.79 Å². The molecule has 0 radical (unpaired) electrons. The van der Waals surface area contributed by atoms with E-state index in [1.54, 1.807) is 12.1 Å². The lowest BCUT2D eigenvalue weighted by Gasteiger charge is -2.35. The molecule has 2 aromatic rings. The molecule has 1 aromatic carbocycles. The number of benzene rings is 1. The minimum Gasteiger partial charge on any atom is -0.478 e. The number of carboxylic acid groups (broad SMARTS) is 1. The number of amides is 4. The lowest BCUT2D eigenvalue weighted by Crippen LogP contribution is -2.58. The Kier molecular flexibility index (Phi) is 6.12. The van der Waals surface area contributed by atoms with Gasteiger partial charge in [-0.2, -0.15) is 0 Å². The minimum atomic E-state index is -1.14. The summed E-state index contributed by atoms with van der Waals surface area (Å²) in [5.74, 6) is -2.44. The van der Waals surface area contributed by atoms with Crippen LogP contribution in [0, 0.1) is 13.8 Å². The normalized spacial score (nSPS) is 18.7. The van der Waals surface area contributed by atoms with Gasteiger partial charge in [-0.3, -0.25) is 19.8 Å². The van der Waals surface area contributed by atoms with Crippen LogP contribution in [0.1, 0.15) is 59.4 Å². The molecule has 0 bridgehead atoms. The van der Waals surface area contributed by atoms with Crippen LogP contribution in [-0.2, 0) is 9.59 Å². The van der Waals surface area contributed by atoms with E-state index in [0.29, 0.717) is 16.9 Å². The zero-order valence-corrected chi connectivity index (χ0v) is 19.1. The number of carboxylic acids is 1. The number of rotatable bonds is 4. The van der Waals surface area contributed by atoms with Gasteiger partial charge in [-0.1, -0.05) is 30.9 Å². The second kappa shape index (κ2) is 8.86. The van der Waals surface area contributed by atoms with E-state index in [-0.39, 0.29) is 22.2 Å². The van der Waals surface area contributed by atoms with Gasteiger partial charge in [0.2, 0.25) is 0 Å². The molecule has 4 rings (SSSR count). The molecule has 9 heteroatoms. The molecule has 1 saturated heterocycles. The Morgan fingerprint density at radius 2 is 1.82 bits per heavy atom. The van der Waals surface area contributed by atoms with Crippen LogP contribution in [0.3, 0.4) is 0 Å². The lowest BCUT2D eigenvalue weighted by molar-refractivity contribution is -0.132. The van der Waals surface area contributed by atoms with Crippen LogP contribution >= 0.6 is 11.6 Å². The summed E-state index contributed by atoms with van der Waals surface area (Å²) in [7, 11) is 0. The molecule has 1 aromatic heterocycles. The highest BCUT2D eigenvalue weighted by Crippen LogP contribution is 2.29. The number of hydrogen-bond acceptors (Lipinski definition) is 4. The summed E-state index contributed by atoms with van der Waals surface area (Å²) >= 11 is 6.00. The Morgan fingerprint density at radius 3 is 2.48 bits per heavy atom. The molecule has 0 atom stereocenters. The van der Waals surface area contributed by atoms with Crippen molar-refractivity contribution >= 4 is 41.5 Å². The number of barbiturate groups is 1. The molecular formula is C24H24ClN3O5. The number of aromatic nitrogens is 1. The van der Waals surface area contributed by atoms with Crippen LogP contribution in [0.5, 0.6) is 0 Å². The predicted molar refractivity (Wildman–Crippen MR) is 122 cm³/mol. The summed E-state index contributed by atoms with van der Waals surface area (Å²) in [6.45, 7) is 3.65. The first-order chi connectivity index (χ1) is 15.7. The fourth-order valence-corrected chi connectivity index (χ4v) is 4.84. The van der Waals surface area contributed by atoms with Gasteiger partial charge in [-0.15, -0.1) is 0 Å². The highest BCUT2D eigenvalue weighted by molar-refractivity contribution is 6.33. The SMILES string of the molecule is Cc1cc(/C=C2\C(=O)NC(=O)N(C3CCCCC3)C2=O)c(C)n1-c1ccc(Cl)c(C(=O)O)c1. The number of carbonyl (C=O) groups is 4. The van der Waals surface area contributed by atoms with E-state index < -0.39 is 23.8 Å². The summed E-state index contributed by atoms with van der Waals surface area (Å²) in [5.41, 5.74) is 2.58. The zero-order valence-electron chi connectivity index (χ0n) is 18.4. The average molecular weight is 470 g/mol. The van der Waals surface area contributed by atoms with Crippen LogP contribution in [0.25, 0.3) is 11.8 Å². The van der Waals surface area contributed by atoms with Crippen molar-refractivity contribution in [2.75, 3.05) is 0 Å². The third-order valence-corrected chi connectivity index (χ3v) is 6.61. The molecule has 33 heavy (non-hydrogen) atoms. The van der Waals surface area contributed by atoms with E-state index in [0.717, 1.165) is 37.8 Å². The molecule has 8 nitrogen and oxygen atoms in total. The van der Waals surface area contributed by atoms with Gasteiger partial charge >= 0.3 is 12.0 Å². The smallest absolute Gasteiger partial charge is 0.337 e. The van der Waals surface area contributed by atoms with Gasteiger partial charge < -0.3 is 9.67 Å². The molecule has 1 saturated carbocycles. The first-order valence-electron chi connectivity index (χ1n) is 10.8. The van der Waals surface area contributed by atoms with Crippen molar-refractivity contribution in [2.45, 2.75) is 52.0 Å². The van der Waals surface area contributed by atoms with Crippen LogP contribution in [-0.4, -0.2) is 44.4 Å². The van der Waals surface area contributed by atoms with E-state index >= 15 is 0 Å². The van der Waals surface area contributed by atoms with Gasteiger partial charge in [-0.25, -0.2) is 9.59 Å². The van der Waals surface area contributed by atoms with Crippen molar-refractivity contribution in [3.63, 3.8) is 0 Å². The van der Waals surface area contributed by atoms with Crippen molar-refractivity contribution in [1.29, 1.82) is 0 Å². The van der Waals surface area contributed by atoms with E-state index in [9.17, 15) is 24.3 Å². The van der Waals surface area contributed by atoms with Gasteiger partial charge in [0, 0.05) is 23.1 Å². The number of urea groups is 1. The first-order valence-corrected chi connectivity index (χ1v) is 11.2. The van der Waals surface area contributed by atoms with Gasteiger partial charge in [0.05, 0.1) is 10.6 Å². The third kappa shape index (κ3) is 4.18. The van der Waals surface area contributed by atoms with Crippen molar-refractivity contribution < 1.29 is 24.3 Å². The molecule has 2 N–H and O–H groups in total. The fourth-order valence-electron chi connectivity index (χ4n) is 4.64. The Labute approximate surface area is 195 Å². The van der Waals surface area contributed by atoms with E-state index in [4.69, 9.17) is 11.6 Å². The Hall–Kier alpha value is -3.39. The molecular weight excluding hydrogens is 446 g/mol. The van der Waals surface area contributed by atoms with Gasteiger partial charge in [0.15, 0.2) is 0 Å². The maximum absolute atomic E-state index is 13.2. The standard InChI is InChI=1S/C24H24ClN3O5/c1-13-10-15(14(2)27(13)17-8-9-20(25)18(12-17)23(31)32)11-19-21(29)26-24(33)28(22(19)30)16-6-4-3-5-7-16/h8-12,16H,3-7H2,1-2H3,(H,31,32)(H,26,29,33)/b19-11+. The molecule has 172 valence electrons. The van der Waals surface area contributed by atoms with Crippen LogP contribution in [0.2, 0.25) is 5.02 Å². The Bertz CT molecular complexity index is 1210. The first kappa shape index (κ1) is 22.8. The Morgan fingerprint density at radius 1 is 1.12 bits per heavy atom. The highest BCUT2D eigenvalue weighted by atomic mass is 35.5. The summed E-state index contributed by atoms with van der Waals surface area (Å²) in [6.07, 6.45) is 5.91. The van der Waals surface area contributed by atoms with Crippen molar-refractivity contribution in [2.24, 2.45) is 0 Å². The van der Waals surface area contributed by atoms with Crippen molar-refractivity contribution in [3.05, 3.63) is 57.4 Å². The van der Waals surface area contributed by atoms with Crippen LogP contribution < -0.4 is 5.32 Å². The maximum atomic E-state index is 13.2. The number of imide groups is 2. The van der Waals surface area contributed by atoms with Crippen LogP contribution in [0.15, 0.2) is 29.8 Å². The second-order valence-corrected chi connectivity index (χ2v) is 8.82. The molecule has 0 spiro atoms. The van der Waals surface area contributed by atoms with Gasteiger partial charge in [-0.05, 0) is 62.6 Å². The monoisotopic (exact) mass is 469 g/mol.